The van der Waals surface area contributed by atoms with Crippen molar-refractivity contribution in [2.24, 2.45) is 0 Å². The molecule has 1 heteroatoms. The first-order valence-corrected chi connectivity index (χ1v) is 6.76. The normalized spacial score (nSPS) is 11.4. The zero-order valence-electron chi connectivity index (χ0n) is 12.7. The van der Waals surface area contributed by atoms with Crippen LogP contribution in [0.4, 0.5) is 0 Å². The standard InChI is InChI=1S/C17H26O/c1-8-12-11-15(17(4,5)6)13(9-2)14(10-3)16(12)18-7/h8,11H,1,9-10H2,2-7H3. The second-order valence-electron chi connectivity index (χ2n) is 5.66. The largest absolute Gasteiger partial charge is 0.496 e. The van der Waals surface area contributed by atoms with Gasteiger partial charge in [-0.2, -0.15) is 0 Å². The van der Waals surface area contributed by atoms with Crippen LogP contribution in [-0.2, 0) is 18.3 Å². The van der Waals surface area contributed by atoms with E-state index in [2.05, 4.69) is 47.3 Å². The van der Waals surface area contributed by atoms with Gasteiger partial charge in [-0.1, -0.05) is 47.3 Å². The van der Waals surface area contributed by atoms with E-state index in [-0.39, 0.29) is 5.41 Å². The van der Waals surface area contributed by atoms with Crippen molar-refractivity contribution >= 4 is 6.08 Å². The summed E-state index contributed by atoms with van der Waals surface area (Å²) in [6.45, 7) is 15.1. The fourth-order valence-corrected chi connectivity index (χ4v) is 2.62. The molecule has 0 aromatic heterocycles. The van der Waals surface area contributed by atoms with Crippen molar-refractivity contribution in [3.8, 4) is 5.75 Å². The Morgan fingerprint density at radius 1 is 1.17 bits per heavy atom. The molecule has 0 unspecified atom stereocenters. The molecule has 1 aromatic rings. The third-order valence-corrected chi connectivity index (χ3v) is 3.46. The first-order valence-electron chi connectivity index (χ1n) is 6.76. The maximum Gasteiger partial charge on any atom is 0.129 e. The SMILES string of the molecule is C=Cc1cc(C(C)(C)C)c(CC)c(CC)c1OC. The molecule has 1 rings (SSSR count). The average Bonchev–Trinajstić information content (AvgIpc) is 2.34. The molecule has 0 radical (unpaired) electrons. The highest BCUT2D eigenvalue weighted by atomic mass is 16.5. The Balaban J connectivity index is 3.69. The van der Waals surface area contributed by atoms with Gasteiger partial charge in [0.15, 0.2) is 0 Å². The van der Waals surface area contributed by atoms with E-state index >= 15 is 0 Å². The predicted octanol–water partition coefficient (Wildman–Crippen LogP) is 4.76. The average molecular weight is 246 g/mol. The second-order valence-corrected chi connectivity index (χ2v) is 5.66. The Kier molecular flexibility index (Phi) is 4.61. The highest BCUT2D eigenvalue weighted by molar-refractivity contribution is 5.63. The monoisotopic (exact) mass is 246 g/mol. The second kappa shape index (κ2) is 5.60. The maximum absolute atomic E-state index is 5.60. The Hall–Kier alpha value is -1.24. The molecule has 0 aliphatic rings. The molecule has 0 amide bonds. The van der Waals surface area contributed by atoms with E-state index in [0.717, 1.165) is 24.2 Å². The van der Waals surface area contributed by atoms with Crippen LogP contribution in [-0.4, -0.2) is 7.11 Å². The minimum atomic E-state index is 0.152. The summed E-state index contributed by atoms with van der Waals surface area (Å²) >= 11 is 0. The highest BCUT2D eigenvalue weighted by Crippen LogP contribution is 2.37. The first kappa shape index (κ1) is 14.8. The van der Waals surface area contributed by atoms with Gasteiger partial charge in [0.25, 0.3) is 0 Å². The van der Waals surface area contributed by atoms with Gasteiger partial charge in [0.05, 0.1) is 7.11 Å². The molecule has 18 heavy (non-hydrogen) atoms. The molecular weight excluding hydrogens is 220 g/mol. The summed E-state index contributed by atoms with van der Waals surface area (Å²) in [6.07, 6.45) is 3.94. The van der Waals surface area contributed by atoms with Crippen LogP contribution in [0.1, 0.15) is 56.9 Å². The van der Waals surface area contributed by atoms with Crippen LogP contribution in [0.25, 0.3) is 6.08 Å². The topological polar surface area (TPSA) is 9.23 Å². The number of hydrogen-bond acceptors (Lipinski definition) is 1. The zero-order chi connectivity index (χ0) is 13.9. The van der Waals surface area contributed by atoms with E-state index in [1.807, 2.05) is 6.08 Å². The third-order valence-electron chi connectivity index (χ3n) is 3.46. The van der Waals surface area contributed by atoms with Crippen LogP contribution in [0.5, 0.6) is 5.75 Å². The van der Waals surface area contributed by atoms with Crippen molar-refractivity contribution in [2.45, 2.75) is 52.9 Å². The van der Waals surface area contributed by atoms with Crippen LogP contribution in [0, 0.1) is 0 Å². The van der Waals surface area contributed by atoms with Gasteiger partial charge in [-0.3, -0.25) is 0 Å². The van der Waals surface area contributed by atoms with Crippen molar-refractivity contribution in [3.63, 3.8) is 0 Å². The van der Waals surface area contributed by atoms with Gasteiger partial charge in [0, 0.05) is 5.56 Å². The molecule has 0 aliphatic carbocycles. The number of rotatable bonds is 4. The molecule has 0 saturated heterocycles. The zero-order valence-corrected chi connectivity index (χ0v) is 12.7. The van der Waals surface area contributed by atoms with Crippen molar-refractivity contribution in [2.75, 3.05) is 7.11 Å². The van der Waals surface area contributed by atoms with Gasteiger partial charge < -0.3 is 4.74 Å². The lowest BCUT2D eigenvalue weighted by molar-refractivity contribution is 0.407. The van der Waals surface area contributed by atoms with E-state index in [1.165, 1.54) is 16.7 Å². The van der Waals surface area contributed by atoms with E-state index in [0.29, 0.717) is 0 Å². The highest BCUT2D eigenvalue weighted by Gasteiger charge is 2.22. The Labute approximate surface area is 112 Å². The van der Waals surface area contributed by atoms with E-state index in [1.54, 1.807) is 7.11 Å². The number of benzene rings is 1. The minimum Gasteiger partial charge on any atom is -0.496 e. The molecule has 0 saturated carbocycles. The van der Waals surface area contributed by atoms with E-state index in [9.17, 15) is 0 Å². The summed E-state index contributed by atoms with van der Waals surface area (Å²) in [5, 5.41) is 0. The van der Waals surface area contributed by atoms with Crippen molar-refractivity contribution < 1.29 is 4.74 Å². The molecule has 0 spiro atoms. The van der Waals surface area contributed by atoms with Crippen LogP contribution < -0.4 is 4.74 Å². The summed E-state index contributed by atoms with van der Waals surface area (Å²) in [5.74, 6) is 0.998. The van der Waals surface area contributed by atoms with Crippen LogP contribution >= 0.6 is 0 Å². The fourth-order valence-electron chi connectivity index (χ4n) is 2.62. The number of methoxy groups -OCH3 is 1. The summed E-state index contributed by atoms with van der Waals surface area (Å²) in [5.41, 5.74) is 5.45. The molecule has 0 aliphatic heterocycles. The summed E-state index contributed by atoms with van der Waals surface area (Å²) in [6, 6.07) is 2.24. The van der Waals surface area contributed by atoms with Crippen molar-refractivity contribution in [1.29, 1.82) is 0 Å². The quantitative estimate of drug-likeness (QED) is 0.744. The molecule has 0 bridgehead atoms. The molecule has 0 fully saturated rings. The Morgan fingerprint density at radius 3 is 2.06 bits per heavy atom. The summed E-state index contributed by atoms with van der Waals surface area (Å²) in [7, 11) is 1.75. The summed E-state index contributed by atoms with van der Waals surface area (Å²) in [4.78, 5) is 0. The smallest absolute Gasteiger partial charge is 0.129 e. The van der Waals surface area contributed by atoms with Crippen molar-refractivity contribution in [1.82, 2.24) is 0 Å². The van der Waals surface area contributed by atoms with Crippen LogP contribution in [0.3, 0.4) is 0 Å². The lowest BCUT2D eigenvalue weighted by Crippen LogP contribution is -2.16. The van der Waals surface area contributed by atoms with Gasteiger partial charge in [-0.15, -0.1) is 0 Å². The fraction of sp³-hybridized carbons (Fsp3) is 0.529. The van der Waals surface area contributed by atoms with E-state index < -0.39 is 0 Å². The van der Waals surface area contributed by atoms with Gasteiger partial charge >= 0.3 is 0 Å². The van der Waals surface area contributed by atoms with Gasteiger partial charge in [-0.25, -0.2) is 0 Å². The van der Waals surface area contributed by atoms with Crippen molar-refractivity contribution in [3.05, 3.63) is 34.9 Å². The lowest BCUT2D eigenvalue weighted by Gasteiger charge is -2.27. The van der Waals surface area contributed by atoms with Gasteiger partial charge in [0.1, 0.15) is 5.75 Å². The molecule has 1 nitrogen and oxygen atoms in total. The first-order chi connectivity index (χ1) is 8.40. The van der Waals surface area contributed by atoms with Gasteiger partial charge in [0.2, 0.25) is 0 Å². The summed E-state index contributed by atoms with van der Waals surface area (Å²) < 4.78 is 5.60. The third kappa shape index (κ3) is 2.60. The van der Waals surface area contributed by atoms with Crippen LogP contribution in [0.2, 0.25) is 0 Å². The molecule has 0 N–H and O–H groups in total. The molecule has 0 heterocycles. The Bertz CT molecular complexity index is 436. The van der Waals surface area contributed by atoms with Gasteiger partial charge in [-0.05, 0) is 41.0 Å². The number of hydrogen-bond donors (Lipinski definition) is 0. The van der Waals surface area contributed by atoms with Crippen LogP contribution in [0.15, 0.2) is 12.6 Å². The minimum absolute atomic E-state index is 0.152. The Morgan fingerprint density at radius 2 is 1.72 bits per heavy atom. The maximum atomic E-state index is 5.60. The van der Waals surface area contributed by atoms with E-state index in [4.69, 9.17) is 4.74 Å². The predicted molar refractivity (Wildman–Crippen MR) is 80.5 cm³/mol. The molecular formula is C17H26O. The number of ether oxygens (including phenoxy) is 1. The molecule has 1 aromatic carbocycles. The molecule has 100 valence electrons. The lowest BCUT2D eigenvalue weighted by atomic mass is 9.79. The molecule has 0 atom stereocenters.